The highest BCUT2D eigenvalue weighted by atomic mass is 16.4. The molecule has 108 valence electrons. The van der Waals surface area contributed by atoms with E-state index in [1.54, 1.807) is 14.0 Å². The number of carboxylic acid groups (broad SMARTS) is 1. The lowest BCUT2D eigenvalue weighted by molar-refractivity contribution is -0.150. The first-order valence-electron chi connectivity index (χ1n) is 6.87. The summed E-state index contributed by atoms with van der Waals surface area (Å²) in [5, 5.41) is 12.4. The van der Waals surface area contributed by atoms with Crippen LogP contribution in [0.3, 0.4) is 0 Å². The van der Waals surface area contributed by atoms with Crippen LogP contribution in [-0.4, -0.2) is 41.5 Å². The third kappa shape index (κ3) is 2.67. The van der Waals surface area contributed by atoms with Crippen molar-refractivity contribution >= 4 is 11.9 Å². The van der Waals surface area contributed by atoms with E-state index in [0.29, 0.717) is 6.42 Å². The van der Waals surface area contributed by atoms with Gasteiger partial charge in [0.05, 0.1) is 0 Å². The summed E-state index contributed by atoms with van der Waals surface area (Å²) in [6.07, 6.45) is 1.28. The Kier molecular flexibility index (Phi) is 4.39. The van der Waals surface area contributed by atoms with Crippen molar-refractivity contribution in [2.75, 3.05) is 13.6 Å². The normalized spacial score (nSPS) is 19.0. The van der Waals surface area contributed by atoms with E-state index >= 15 is 0 Å². The zero-order chi connectivity index (χ0) is 14.7. The molecule has 1 aromatic rings. The minimum absolute atomic E-state index is 0.189. The fourth-order valence-corrected chi connectivity index (χ4v) is 2.70. The van der Waals surface area contributed by atoms with Crippen LogP contribution < -0.4 is 5.32 Å². The summed E-state index contributed by atoms with van der Waals surface area (Å²) in [5.41, 5.74) is 2.11. The minimum atomic E-state index is -0.965. The summed E-state index contributed by atoms with van der Waals surface area (Å²) >= 11 is 0. The number of hydrogen-bond donors (Lipinski definition) is 2. The number of likely N-dealkylation sites (N-methyl/N-ethyl adjacent to an activating group) is 1. The quantitative estimate of drug-likeness (QED) is 0.867. The molecule has 1 amide bonds. The van der Waals surface area contributed by atoms with Gasteiger partial charge in [-0.1, -0.05) is 31.2 Å². The number of benzene rings is 1. The van der Waals surface area contributed by atoms with Crippen molar-refractivity contribution in [1.29, 1.82) is 0 Å². The number of nitrogens with one attached hydrogen (secondary N) is 1. The molecule has 20 heavy (non-hydrogen) atoms. The molecule has 2 rings (SSSR count). The highest BCUT2D eigenvalue weighted by Gasteiger charge is 2.32. The monoisotopic (exact) mass is 276 g/mol. The van der Waals surface area contributed by atoms with Gasteiger partial charge in [0, 0.05) is 13.6 Å². The molecule has 0 saturated heterocycles. The molecule has 5 nitrogen and oxygen atoms in total. The summed E-state index contributed by atoms with van der Waals surface area (Å²) in [5.74, 6) is -1.15. The summed E-state index contributed by atoms with van der Waals surface area (Å²) < 4.78 is 0. The van der Waals surface area contributed by atoms with Crippen LogP contribution >= 0.6 is 0 Å². The highest BCUT2D eigenvalue weighted by Crippen LogP contribution is 2.24. The topological polar surface area (TPSA) is 69.6 Å². The Labute approximate surface area is 118 Å². The number of fused-ring (bicyclic) bond motifs is 1. The molecule has 0 aliphatic carbocycles. The van der Waals surface area contributed by atoms with E-state index in [4.69, 9.17) is 0 Å². The molecule has 0 bridgehead atoms. The summed E-state index contributed by atoms with van der Waals surface area (Å²) in [4.78, 5) is 25.1. The number of aliphatic carboxylic acids is 1. The first-order chi connectivity index (χ1) is 9.56. The minimum Gasteiger partial charge on any atom is -0.480 e. The lowest BCUT2D eigenvalue weighted by Gasteiger charge is -2.32. The van der Waals surface area contributed by atoms with Gasteiger partial charge in [0.1, 0.15) is 12.1 Å². The van der Waals surface area contributed by atoms with Crippen molar-refractivity contribution < 1.29 is 14.7 Å². The van der Waals surface area contributed by atoms with Crippen LogP contribution in [0.1, 0.15) is 30.5 Å². The smallest absolute Gasteiger partial charge is 0.326 e. The molecule has 0 saturated carbocycles. The fraction of sp³-hybridized carbons (Fsp3) is 0.467. The average Bonchev–Trinajstić information content (AvgIpc) is 2.46. The third-order valence-corrected chi connectivity index (χ3v) is 3.84. The molecule has 2 unspecified atom stereocenters. The molecule has 1 aliphatic heterocycles. The van der Waals surface area contributed by atoms with Gasteiger partial charge in [0.15, 0.2) is 0 Å². The van der Waals surface area contributed by atoms with Crippen molar-refractivity contribution in [3.63, 3.8) is 0 Å². The summed E-state index contributed by atoms with van der Waals surface area (Å²) in [6, 6.07) is 6.59. The van der Waals surface area contributed by atoms with E-state index in [0.717, 1.165) is 24.1 Å². The summed E-state index contributed by atoms with van der Waals surface area (Å²) in [6.45, 7) is 2.50. The Balaban J connectivity index is 2.24. The Bertz CT molecular complexity index is 516. The van der Waals surface area contributed by atoms with Crippen LogP contribution in [0.2, 0.25) is 0 Å². The summed E-state index contributed by atoms with van der Waals surface area (Å²) in [7, 11) is 1.56. The van der Waals surface area contributed by atoms with Gasteiger partial charge in [-0.3, -0.25) is 4.79 Å². The molecule has 2 atom stereocenters. The van der Waals surface area contributed by atoms with Crippen LogP contribution in [0.4, 0.5) is 0 Å². The van der Waals surface area contributed by atoms with Crippen LogP contribution in [0.15, 0.2) is 24.3 Å². The molecule has 0 spiro atoms. The maximum atomic E-state index is 12.6. The second kappa shape index (κ2) is 6.05. The second-order valence-electron chi connectivity index (χ2n) is 5.05. The van der Waals surface area contributed by atoms with Crippen LogP contribution in [0.25, 0.3) is 0 Å². The lowest BCUT2D eigenvalue weighted by atomic mass is 9.93. The Morgan fingerprint density at radius 1 is 1.45 bits per heavy atom. The van der Waals surface area contributed by atoms with E-state index < -0.39 is 18.1 Å². The fourth-order valence-electron chi connectivity index (χ4n) is 2.70. The molecule has 1 heterocycles. The van der Waals surface area contributed by atoms with Gasteiger partial charge in [-0.2, -0.15) is 0 Å². The van der Waals surface area contributed by atoms with Crippen LogP contribution in [-0.2, 0) is 16.0 Å². The largest absolute Gasteiger partial charge is 0.480 e. The number of hydrogen-bond acceptors (Lipinski definition) is 3. The third-order valence-electron chi connectivity index (χ3n) is 3.84. The number of carbonyl (C=O) groups excluding carboxylic acids is 1. The van der Waals surface area contributed by atoms with Gasteiger partial charge >= 0.3 is 5.97 Å². The molecule has 0 fully saturated rings. The Morgan fingerprint density at radius 2 is 2.15 bits per heavy atom. The average molecular weight is 276 g/mol. The SMILES string of the molecule is CCC(C(=O)O)N(C)C(=O)C1NCCc2ccccc21. The highest BCUT2D eigenvalue weighted by molar-refractivity contribution is 5.88. The van der Waals surface area contributed by atoms with Gasteiger partial charge in [-0.25, -0.2) is 4.79 Å². The maximum absolute atomic E-state index is 12.6. The van der Waals surface area contributed by atoms with Crippen molar-refractivity contribution in [2.45, 2.75) is 31.8 Å². The van der Waals surface area contributed by atoms with E-state index in [1.165, 1.54) is 4.90 Å². The second-order valence-corrected chi connectivity index (χ2v) is 5.05. The molecule has 0 aromatic heterocycles. The number of nitrogens with zero attached hydrogens (tertiary/aromatic N) is 1. The predicted octanol–water partition coefficient (Wildman–Crippen LogP) is 1.19. The van der Waals surface area contributed by atoms with Crippen molar-refractivity contribution in [3.8, 4) is 0 Å². The van der Waals surface area contributed by atoms with Gasteiger partial charge < -0.3 is 15.3 Å². The molecule has 0 radical (unpaired) electrons. The standard InChI is InChI=1S/C15H20N2O3/c1-3-12(15(19)20)17(2)14(18)13-11-7-5-4-6-10(11)8-9-16-13/h4-7,12-13,16H,3,8-9H2,1-2H3,(H,19,20). The zero-order valence-electron chi connectivity index (χ0n) is 11.8. The predicted molar refractivity (Wildman–Crippen MR) is 75.4 cm³/mol. The van der Waals surface area contributed by atoms with E-state index in [2.05, 4.69) is 5.32 Å². The van der Waals surface area contributed by atoms with Gasteiger partial charge in [-0.15, -0.1) is 0 Å². The molecule has 1 aromatic carbocycles. The van der Waals surface area contributed by atoms with Gasteiger partial charge in [0.2, 0.25) is 5.91 Å². The number of carboxylic acids is 1. The van der Waals surface area contributed by atoms with Gasteiger partial charge in [-0.05, 0) is 24.0 Å². The van der Waals surface area contributed by atoms with Crippen molar-refractivity contribution in [3.05, 3.63) is 35.4 Å². The lowest BCUT2D eigenvalue weighted by Crippen LogP contribution is -2.48. The first-order valence-corrected chi connectivity index (χ1v) is 6.87. The van der Waals surface area contributed by atoms with E-state index in [1.807, 2.05) is 24.3 Å². The zero-order valence-corrected chi connectivity index (χ0v) is 11.8. The maximum Gasteiger partial charge on any atom is 0.326 e. The first kappa shape index (κ1) is 14.5. The molecular formula is C15H20N2O3. The van der Waals surface area contributed by atoms with Crippen molar-refractivity contribution in [1.82, 2.24) is 10.2 Å². The van der Waals surface area contributed by atoms with Gasteiger partial charge in [0.25, 0.3) is 0 Å². The van der Waals surface area contributed by atoms with Crippen LogP contribution in [0, 0.1) is 0 Å². The number of amides is 1. The molecule has 1 aliphatic rings. The number of carbonyl (C=O) groups is 2. The number of rotatable bonds is 4. The molecule has 5 heteroatoms. The van der Waals surface area contributed by atoms with E-state index in [-0.39, 0.29) is 5.91 Å². The molecule has 2 N–H and O–H groups in total. The Morgan fingerprint density at radius 3 is 2.80 bits per heavy atom. The van der Waals surface area contributed by atoms with Crippen LogP contribution in [0.5, 0.6) is 0 Å². The molecular weight excluding hydrogens is 256 g/mol. The van der Waals surface area contributed by atoms with E-state index in [9.17, 15) is 14.7 Å². The Hall–Kier alpha value is -1.88. The van der Waals surface area contributed by atoms with Crippen molar-refractivity contribution in [2.24, 2.45) is 0 Å².